The van der Waals surface area contributed by atoms with Crippen LogP contribution in [-0.2, 0) is 39.7 Å². The van der Waals surface area contributed by atoms with E-state index in [0.717, 1.165) is 53.7 Å². The zero-order valence-corrected chi connectivity index (χ0v) is 32.0. The molecule has 5 aromatic rings. The standard InChI is InChI=1S/C46H48N4O3.Ni/c1-46(2,3)35-24-26-36(27-25-35)50-30-28-33-17-10-11-20-37(33)43(50)42(45(52)53)48-41(34-18-8-5-9-19-34)38-21-12-13-22-39(38)47-44(51)40-23-14-29-49(40)31-32-15-6-4-7-16-32;/h4-13,15-22,24-27,40,42-43H,14,23,28-31H2,1-3H3,(H,47,51)(H,52,53);/q;+2/p-2/t40-,42-,43+;/m0./s1. The van der Waals surface area contributed by atoms with Gasteiger partial charge in [-0.05, 0) is 77.6 Å². The monoisotopic (exact) mass is 760 g/mol. The maximum atomic E-state index is 14.0. The van der Waals surface area contributed by atoms with Crippen molar-refractivity contribution in [2.24, 2.45) is 9.98 Å². The summed E-state index contributed by atoms with van der Waals surface area (Å²) in [7, 11) is 0. The second-order valence-electron chi connectivity index (χ2n) is 15.1. The van der Waals surface area contributed by atoms with E-state index in [0.29, 0.717) is 30.1 Å². The summed E-state index contributed by atoms with van der Waals surface area (Å²) in [4.78, 5) is 27.7. The maximum Gasteiger partial charge on any atom is 2.00 e. The molecule has 3 atom stereocenters. The average Bonchev–Trinajstić information content (AvgIpc) is 3.64. The van der Waals surface area contributed by atoms with Crippen LogP contribution < -0.4 is 15.1 Å². The summed E-state index contributed by atoms with van der Waals surface area (Å²) in [5.41, 5.74) is 7.51. The molecule has 0 aromatic heterocycles. The third-order valence-electron chi connectivity index (χ3n) is 10.5. The molecule has 5 aromatic carbocycles. The van der Waals surface area contributed by atoms with E-state index in [-0.39, 0.29) is 33.8 Å². The Labute approximate surface area is 329 Å². The van der Waals surface area contributed by atoms with Crippen LogP contribution in [0.25, 0.3) is 0 Å². The van der Waals surface area contributed by atoms with Crippen LogP contribution in [0.4, 0.5) is 11.4 Å². The van der Waals surface area contributed by atoms with Gasteiger partial charge in [0.25, 0.3) is 0 Å². The van der Waals surface area contributed by atoms with Crippen molar-refractivity contribution in [2.45, 2.75) is 70.1 Å². The summed E-state index contributed by atoms with van der Waals surface area (Å²) in [5, 5.41) is 27.4. The minimum absolute atomic E-state index is 0. The normalized spacial score (nSPS) is 18.5. The molecule has 0 bridgehead atoms. The van der Waals surface area contributed by atoms with Crippen LogP contribution in [-0.4, -0.2) is 47.7 Å². The van der Waals surface area contributed by atoms with E-state index < -0.39 is 18.1 Å². The number of carbonyl (C=O) groups is 1. The van der Waals surface area contributed by atoms with Crippen LogP contribution in [0.1, 0.15) is 73.0 Å². The number of benzene rings is 5. The molecule has 0 unspecified atom stereocenters. The molecule has 0 saturated carbocycles. The molecule has 8 heteroatoms. The minimum Gasteiger partial charge on any atom is -0.861 e. The number of carboxylic acid groups (broad SMARTS) is 1. The van der Waals surface area contributed by atoms with E-state index in [9.17, 15) is 15.0 Å². The van der Waals surface area contributed by atoms with Crippen molar-refractivity contribution < 1.29 is 31.5 Å². The molecule has 0 amide bonds. The van der Waals surface area contributed by atoms with E-state index in [4.69, 9.17) is 9.98 Å². The predicted octanol–water partition coefficient (Wildman–Crippen LogP) is 6.80. The van der Waals surface area contributed by atoms with Gasteiger partial charge in [0.1, 0.15) is 6.04 Å². The van der Waals surface area contributed by atoms with Gasteiger partial charge in [-0.2, -0.15) is 0 Å². The number of rotatable bonds is 10. The third-order valence-corrected chi connectivity index (χ3v) is 10.5. The molecule has 0 aliphatic carbocycles. The molecule has 54 heavy (non-hydrogen) atoms. The number of aliphatic carboxylic acids is 1. The Kier molecular flexibility index (Phi) is 12.2. The Morgan fingerprint density at radius 1 is 0.796 bits per heavy atom. The summed E-state index contributed by atoms with van der Waals surface area (Å²) in [6.45, 7) is 8.67. The van der Waals surface area contributed by atoms with Crippen LogP contribution in [0.5, 0.6) is 0 Å². The summed E-state index contributed by atoms with van der Waals surface area (Å²) in [5.74, 6) is -1.48. The summed E-state index contributed by atoms with van der Waals surface area (Å²) in [6.07, 6.45) is 2.43. The van der Waals surface area contributed by atoms with Crippen molar-refractivity contribution in [3.8, 4) is 0 Å². The fourth-order valence-electron chi connectivity index (χ4n) is 7.75. The molecule has 2 aliphatic rings. The first-order valence-electron chi connectivity index (χ1n) is 18.6. The summed E-state index contributed by atoms with van der Waals surface area (Å²) >= 11 is 0. The van der Waals surface area contributed by atoms with Crippen LogP contribution in [0, 0.1) is 0 Å². The largest absolute Gasteiger partial charge is 2.00 e. The van der Waals surface area contributed by atoms with Gasteiger partial charge < -0.3 is 19.9 Å². The van der Waals surface area contributed by atoms with Gasteiger partial charge in [-0.15, -0.1) is 0 Å². The third kappa shape index (κ3) is 8.51. The van der Waals surface area contributed by atoms with Gasteiger partial charge in [-0.1, -0.05) is 136 Å². The SMILES string of the molecule is CC(C)(C)c1ccc(N2CCc3ccccc3[C@@H]2[C@H](N=C(c2ccccc2)c2ccccc2N=C([O-])[C@@H]2CCCN2Cc2ccccc2)C(=O)[O-])cc1.[Ni+2]. The number of carboxylic acids is 1. The van der Waals surface area contributed by atoms with Gasteiger partial charge in [-0.25, -0.2) is 0 Å². The van der Waals surface area contributed by atoms with E-state index >= 15 is 0 Å². The van der Waals surface area contributed by atoms with E-state index in [2.05, 4.69) is 73.0 Å². The summed E-state index contributed by atoms with van der Waals surface area (Å²) in [6, 6.07) is 41.3. The van der Waals surface area contributed by atoms with Crippen molar-refractivity contribution in [3.63, 3.8) is 0 Å². The molecule has 278 valence electrons. The smallest absolute Gasteiger partial charge is 0.861 e. The Hall–Kier alpha value is -5.04. The Balaban J connectivity index is 0.00000497. The Morgan fingerprint density at radius 3 is 2.15 bits per heavy atom. The van der Waals surface area contributed by atoms with E-state index in [1.165, 1.54) is 5.56 Å². The molecule has 2 aliphatic heterocycles. The molecule has 2 heterocycles. The molecule has 1 saturated heterocycles. The fraction of sp³-hybridized carbons (Fsp3) is 0.283. The number of nitrogens with zero attached hydrogens (tertiary/aromatic N) is 4. The molecular weight excluding hydrogens is 715 g/mol. The second kappa shape index (κ2) is 17.0. The molecule has 0 radical (unpaired) electrons. The van der Waals surface area contributed by atoms with Gasteiger partial charge in [0.2, 0.25) is 0 Å². The van der Waals surface area contributed by atoms with Crippen molar-refractivity contribution in [1.82, 2.24) is 4.90 Å². The number of aliphatic imine (C=N–C) groups is 2. The number of fused-ring (bicyclic) bond motifs is 1. The maximum absolute atomic E-state index is 14.0. The first-order valence-corrected chi connectivity index (χ1v) is 18.6. The van der Waals surface area contributed by atoms with E-state index in [1.54, 1.807) is 0 Å². The number of likely N-dealkylation sites (tertiary alicyclic amines) is 1. The number of carbonyl (C=O) groups excluding carboxylic acids is 1. The number of anilines is 1. The molecule has 1 fully saturated rings. The molecule has 0 N–H and O–H groups in total. The number of para-hydroxylation sites is 1. The van der Waals surface area contributed by atoms with Gasteiger partial charge >= 0.3 is 16.5 Å². The van der Waals surface area contributed by atoms with Crippen LogP contribution in [0.2, 0.25) is 0 Å². The van der Waals surface area contributed by atoms with Crippen LogP contribution in [0.3, 0.4) is 0 Å². The van der Waals surface area contributed by atoms with Crippen molar-refractivity contribution in [1.29, 1.82) is 0 Å². The van der Waals surface area contributed by atoms with Gasteiger partial charge in [0, 0.05) is 35.9 Å². The number of hydrogen-bond acceptors (Lipinski definition) is 7. The van der Waals surface area contributed by atoms with Crippen LogP contribution in [0.15, 0.2) is 143 Å². The number of hydrogen-bond donors (Lipinski definition) is 0. The van der Waals surface area contributed by atoms with E-state index in [1.807, 2.05) is 91.0 Å². The first-order chi connectivity index (χ1) is 25.7. The minimum atomic E-state index is -1.28. The van der Waals surface area contributed by atoms with Gasteiger partial charge in [-0.3, -0.25) is 14.9 Å². The van der Waals surface area contributed by atoms with Gasteiger partial charge in [0.15, 0.2) is 0 Å². The molecule has 7 rings (SSSR count). The Bertz CT molecular complexity index is 2090. The molecule has 7 nitrogen and oxygen atoms in total. The molecular formula is C46H46N4NiO3. The zero-order chi connectivity index (χ0) is 37.0. The van der Waals surface area contributed by atoms with Crippen LogP contribution >= 0.6 is 0 Å². The molecule has 0 spiro atoms. The summed E-state index contributed by atoms with van der Waals surface area (Å²) < 4.78 is 0. The Morgan fingerprint density at radius 2 is 1.44 bits per heavy atom. The van der Waals surface area contributed by atoms with Gasteiger partial charge in [0.05, 0.1) is 23.4 Å². The first kappa shape index (κ1) is 38.7. The fourth-order valence-corrected chi connectivity index (χ4v) is 7.75. The predicted molar refractivity (Wildman–Crippen MR) is 210 cm³/mol. The quantitative estimate of drug-likeness (QED) is 0.0888. The average molecular weight is 762 g/mol. The van der Waals surface area contributed by atoms with Crippen molar-refractivity contribution >= 4 is 29.0 Å². The topological polar surface area (TPSA) is 94.4 Å². The van der Waals surface area contributed by atoms with Crippen molar-refractivity contribution in [3.05, 3.63) is 167 Å². The zero-order valence-electron chi connectivity index (χ0n) is 31.0. The van der Waals surface area contributed by atoms with Crippen molar-refractivity contribution in [2.75, 3.05) is 18.0 Å². The second-order valence-corrected chi connectivity index (χ2v) is 15.1.